The van der Waals surface area contributed by atoms with E-state index in [2.05, 4.69) is 30.3 Å². The van der Waals surface area contributed by atoms with Gasteiger partial charge in [0.25, 0.3) is 12.3 Å². The number of carbonyl (C=O) groups is 1. The molecular formula is C12H7BrF5N3O2S. The van der Waals surface area contributed by atoms with Crippen LogP contribution < -0.4 is 9.64 Å². The van der Waals surface area contributed by atoms with Crippen molar-refractivity contribution in [3.05, 3.63) is 33.2 Å². The number of benzene rings is 1. The van der Waals surface area contributed by atoms with Crippen molar-refractivity contribution in [3.8, 4) is 5.75 Å². The minimum atomic E-state index is -4.86. The van der Waals surface area contributed by atoms with Gasteiger partial charge in [-0.25, -0.2) is 8.78 Å². The van der Waals surface area contributed by atoms with E-state index in [1.165, 1.54) is 13.1 Å². The van der Waals surface area contributed by atoms with Crippen molar-refractivity contribution in [2.45, 2.75) is 12.8 Å². The lowest BCUT2D eigenvalue weighted by Gasteiger charge is -2.19. The summed E-state index contributed by atoms with van der Waals surface area (Å²) in [6, 6.07) is 3.18. The molecule has 0 N–H and O–H groups in total. The molecule has 1 aromatic heterocycles. The highest BCUT2D eigenvalue weighted by Gasteiger charge is 2.32. The Morgan fingerprint density at radius 1 is 1.38 bits per heavy atom. The third-order valence-electron chi connectivity index (χ3n) is 2.73. The highest BCUT2D eigenvalue weighted by Crippen LogP contribution is 2.34. The van der Waals surface area contributed by atoms with Crippen LogP contribution in [0.2, 0.25) is 0 Å². The maximum absolute atomic E-state index is 12.8. The zero-order valence-corrected chi connectivity index (χ0v) is 14.0. The van der Waals surface area contributed by atoms with Gasteiger partial charge >= 0.3 is 6.36 Å². The number of aromatic nitrogens is 2. The zero-order valence-electron chi connectivity index (χ0n) is 11.6. The molecule has 0 unspecified atom stereocenters. The summed E-state index contributed by atoms with van der Waals surface area (Å²) in [7, 11) is 1.28. The summed E-state index contributed by atoms with van der Waals surface area (Å²) < 4.78 is 69.3. The molecule has 1 heterocycles. The van der Waals surface area contributed by atoms with Gasteiger partial charge in [-0.15, -0.1) is 18.3 Å². The minimum absolute atomic E-state index is 0.108. The Morgan fingerprint density at radius 2 is 2.04 bits per heavy atom. The van der Waals surface area contributed by atoms with Gasteiger partial charge in [-0.05, 0) is 45.7 Å². The largest absolute Gasteiger partial charge is 0.573 e. The van der Waals surface area contributed by atoms with E-state index in [4.69, 9.17) is 0 Å². The highest BCUT2D eigenvalue weighted by molar-refractivity contribution is 9.10. The summed E-state index contributed by atoms with van der Waals surface area (Å²) >= 11 is 3.52. The average molecular weight is 432 g/mol. The molecule has 0 aliphatic carbocycles. The third kappa shape index (κ3) is 4.17. The van der Waals surface area contributed by atoms with Gasteiger partial charge in [-0.1, -0.05) is 4.49 Å². The Bertz CT molecular complexity index is 753. The molecule has 0 saturated carbocycles. The summed E-state index contributed by atoms with van der Waals surface area (Å²) in [6.07, 6.45) is -7.83. The Labute approximate surface area is 144 Å². The van der Waals surface area contributed by atoms with Gasteiger partial charge in [0.1, 0.15) is 10.6 Å². The quantitative estimate of drug-likeness (QED) is 0.672. The number of ether oxygens (including phenoxy) is 1. The van der Waals surface area contributed by atoms with E-state index in [0.717, 1.165) is 17.0 Å². The number of anilines is 1. The van der Waals surface area contributed by atoms with Crippen LogP contribution in [0.25, 0.3) is 0 Å². The van der Waals surface area contributed by atoms with Crippen molar-refractivity contribution in [2.24, 2.45) is 0 Å². The number of carbonyl (C=O) groups excluding carboxylic acids is 1. The van der Waals surface area contributed by atoms with E-state index >= 15 is 0 Å². The lowest BCUT2D eigenvalue weighted by atomic mass is 10.2. The molecule has 0 aliphatic heterocycles. The third-order valence-corrected chi connectivity index (χ3v) is 4.10. The van der Waals surface area contributed by atoms with Crippen molar-refractivity contribution in [1.29, 1.82) is 0 Å². The first-order valence-electron chi connectivity index (χ1n) is 6.04. The molecule has 1 aromatic carbocycles. The summed E-state index contributed by atoms with van der Waals surface area (Å²) in [4.78, 5) is 12.9. The second-order valence-electron chi connectivity index (χ2n) is 4.31. The van der Waals surface area contributed by atoms with E-state index in [9.17, 15) is 26.7 Å². The number of nitrogens with zero attached hydrogens (tertiary/aromatic N) is 3. The van der Waals surface area contributed by atoms with E-state index in [1.807, 2.05) is 0 Å². The molecule has 130 valence electrons. The molecule has 0 fully saturated rings. The molecule has 0 radical (unpaired) electrons. The fraction of sp³-hybridized carbons (Fsp3) is 0.250. The molecule has 5 nitrogen and oxygen atoms in total. The predicted molar refractivity (Wildman–Crippen MR) is 78.4 cm³/mol. The monoisotopic (exact) mass is 431 g/mol. The molecule has 1 amide bonds. The van der Waals surface area contributed by atoms with Crippen LogP contribution >= 0.6 is 27.5 Å². The normalized spacial score (nSPS) is 11.7. The lowest BCUT2D eigenvalue weighted by molar-refractivity contribution is -0.274. The average Bonchev–Trinajstić information content (AvgIpc) is 2.93. The lowest BCUT2D eigenvalue weighted by Crippen LogP contribution is -2.27. The standard InChI is InChI=1S/C12H7BrF5N3O2S/c1-21(11(22)9-8(10(14)15)19-20-24-9)7-3-2-5(4-6(7)13)23-12(16,17)18/h2-4,10H,1H3. The number of alkyl halides is 5. The number of hydrogen-bond acceptors (Lipinski definition) is 5. The van der Waals surface area contributed by atoms with Crippen LogP contribution in [0.4, 0.5) is 27.6 Å². The van der Waals surface area contributed by atoms with Gasteiger partial charge in [0.15, 0.2) is 5.69 Å². The molecule has 2 aromatic rings. The Hall–Kier alpha value is -1.82. The highest BCUT2D eigenvalue weighted by atomic mass is 79.9. The van der Waals surface area contributed by atoms with Crippen molar-refractivity contribution < 1.29 is 31.5 Å². The van der Waals surface area contributed by atoms with E-state index in [-0.39, 0.29) is 15.0 Å². The van der Waals surface area contributed by atoms with Gasteiger partial charge in [-0.2, -0.15) is 0 Å². The van der Waals surface area contributed by atoms with Gasteiger partial charge < -0.3 is 9.64 Å². The van der Waals surface area contributed by atoms with Crippen LogP contribution in [0.1, 0.15) is 21.8 Å². The molecule has 0 aliphatic rings. The maximum atomic E-state index is 12.8. The number of hydrogen-bond donors (Lipinski definition) is 0. The molecule has 24 heavy (non-hydrogen) atoms. The van der Waals surface area contributed by atoms with Crippen LogP contribution in [0.3, 0.4) is 0 Å². The SMILES string of the molecule is CN(C(=O)c1snnc1C(F)F)c1ccc(OC(F)(F)F)cc1Br. The second-order valence-corrected chi connectivity index (χ2v) is 5.92. The summed E-state index contributed by atoms with van der Waals surface area (Å²) in [5.41, 5.74) is -0.590. The van der Waals surface area contributed by atoms with Crippen LogP contribution in [0.15, 0.2) is 22.7 Å². The molecule has 0 bridgehead atoms. The van der Waals surface area contributed by atoms with E-state index in [1.54, 1.807) is 0 Å². The molecule has 2 rings (SSSR count). The van der Waals surface area contributed by atoms with Crippen LogP contribution in [0.5, 0.6) is 5.75 Å². The molecule has 12 heteroatoms. The first-order valence-corrected chi connectivity index (χ1v) is 7.60. The number of rotatable bonds is 4. The molecular weight excluding hydrogens is 425 g/mol. The van der Waals surface area contributed by atoms with E-state index < -0.39 is 30.1 Å². The fourth-order valence-electron chi connectivity index (χ4n) is 1.71. The van der Waals surface area contributed by atoms with Crippen molar-refractivity contribution >= 4 is 39.1 Å². The Balaban J connectivity index is 2.27. The van der Waals surface area contributed by atoms with Gasteiger partial charge in [0.2, 0.25) is 0 Å². The van der Waals surface area contributed by atoms with Crippen LogP contribution in [-0.4, -0.2) is 28.9 Å². The predicted octanol–water partition coefficient (Wildman–Crippen LogP) is 4.41. The smallest absolute Gasteiger partial charge is 0.406 e. The van der Waals surface area contributed by atoms with Crippen LogP contribution in [0, 0.1) is 0 Å². The zero-order chi connectivity index (χ0) is 18.1. The minimum Gasteiger partial charge on any atom is -0.406 e. The number of amides is 1. The Morgan fingerprint density at radius 3 is 2.58 bits per heavy atom. The topological polar surface area (TPSA) is 55.3 Å². The fourth-order valence-corrected chi connectivity index (χ4v) is 2.98. The van der Waals surface area contributed by atoms with Crippen LogP contribution in [-0.2, 0) is 0 Å². The molecule has 0 spiro atoms. The second kappa shape index (κ2) is 6.97. The molecule has 0 atom stereocenters. The van der Waals surface area contributed by atoms with Crippen molar-refractivity contribution in [3.63, 3.8) is 0 Å². The summed E-state index contributed by atoms with van der Waals surface area (Å²) in [5, 5.41) is 3.20. The van der Waals surface area contributed by atoms with Crippen molar-refractivity contribution in [2.75, 3.05) is 11.9 Å². The maximum Gasteiger partial charge on any atom is 0.573 e. The van der Waals surface area contributed by atoms with Gasteiger partial charge in [0.05, 0.1) is 5.69 Å². The number of halogens is 6. The molecule has 0 saturated heterocycles. The van der Waals surface area contributed by atoms with Gasteiger partial charge in [-0.3, -0.25) is 4.79 Å². The Kier molecular flexibility index (Phi) is 5.38. The first kappa shape index (κ1) is 18.5. The summed E-state index contributed by atoms with van der Waals surface area (Å²) in [6.45, 7) is 0. The van der Waals surface area contributed by atoms with Gasteiger partial charge in [0, 0.05) is 11.5 Å². The summed E-state index contributed by atoms with van der Waals surface area (Å²) in [5.74, 6) is -1.31. The first-order chi connectivity index (χ1) is 11.1. The van der Waals surface area contributed by atoms with Crippen molar-refractivity contribution in [1.82, 2.24) is 9.59 Å². The van der Waals surface area contributed by atoms with E-state index in [0.29, 0.717) is 11.5 Å².